The molecule has 0 radical (unpaired) electrons. The maximum Gasteiger partial charge on any atom is 0.220 e. The number of hydrogen-bond acceptors (Lipinski definition) is 7. The highest BCUT2D eigenvalue weighted by Crippen LogP contribution is 2.49. The third kappa shape index (κ3) is 7.77. The second-order valence-corrected chi connectivity index (χ2v) is 16.2. The second-order valence-electron chi connectivity index (χ2n) is 16.2. The summed E-state index contributed by atoms with van der Waals surface area (Å²) in [5.74, 6) is 1.50. The van der Waals surface area contributed by atoms with Gasteiger partial charge in [-0.3, -0.25) is 9.59 Å². The van der Waals surface area contributed by atoms with E-state index in [0.29, 0.717) is 37.2 Å². The molecule has 0 saturated heterocycles. The molecule has 4 aromatic rings. The number of benzene rings is 2. The Morgan fingerprint density at radius 3 is 2.02 bits per heavy atom. The van der Waals surface area contributed by atoms with Crippen molar-refractivity contribution in [3.63, 3.8) is 0 Å². The van der Waals surface area contributed by atoms with E-state index in [4.69, 9.17) is 18.9 Å². The molecule has 0 spiro atoms. The Balaban J connectivity index is 1.22. The van der Waals surface area contributed by atoms with Crippen LogP contribution < -0.4 is 29.8 Å². The molecule has 3 aliphatic rings. The Bertz CT molecular complexity index is 2110. The van der Waals surface area contributed by atoms with Gasteiger partial charge in [0.2, 0.25) is 10.9 Å². The van der Waals surface area contributed by atoms with Crippen LogP contribution in [0.1, 0.15) is 74.8 Å². The predicted octanol–water partition coefficient (Wildman–Crippen LogP) is 8.32. The molecule has 7 nitrogen and oxygen atoms in total. The summed E-state index contributed by atoms with van der Waals surface area (Å²) >= 11 is 0. The van der Waals surface area contributed by atoms with E-state index in [9.17, 15) is 14.7 Å². The van der Waals surface area contributed by atoms with Crippen LogP contribution in [0.3, 0.4) is 0 Å². The van der Waals surface area contributed by atoms with Crippen molar-refractivity contribution in [3.8, 4) is 23.0 Å². The summed E-state index contributed by atoms with van der Waals surface area (Å²) in [6, 6.07) is 28.0. The van der Waals surface area contributed by atoms with Gasteiger partial charge < -0.3 is 24.1 Å². The van der Waals surface area contributed by atoms with Crippen molar-refractivity contribution in [1.82, 2.24) is 0 Å². The van der Waals surface area contributed by atoms with Crippen LogP contribution in [0.4, 0.5) is 0 Å². The zero-order chi connectivity index (χ0) is 37.4. The number of hydrogen-bond donors (Lipinski definition) is 1. The van der Waals surface area contributed by atoms with Crippen molar-refractivity contribution >= 4 is 0 Å². The van der Waals surface area contributed by atoms with Crippen LogP contribution in [0, 0.1) is 24.2 Å². The molecule has 0 unspecified atom stereocenters. The Morgan fingerprint density at radius 1 is 0.736 bits per heavy atom. The number of ether oxygens (including phenoxy) is 4. The lowest BCUT2D eigenvalue weighted by Gasteiger charge is -2.49. The van der Waals surface area contributed by atoms with E-state index >= 15 is 0 Å². The lowest BCUT2D eigenvalue weighted by atomic mass is 9.68. The molecule has 0 fully saturated rings. The van der Waals surface area contributed by atoms with Gasteiger partial charge in [0.25, 0.3) is 0 Å². The highest BCUT2D eigenvalue weighted by atomic mass is 16.5. The van der Waals surface area contributed by atoms with E-state index in [1.54, 1.807) is 24.3 Å². The first kappa shape index (κ1) is 36.5. The highest BCUT2D eigenvalue weighted by molar-refractivity contribution is 5.46. The largest absolute Gasteiger partial charge is 0.487 e. The fourth-order valence-corrected chi connectivity index (χ4v) is 8.32. The van der Waals surface area contributed by atoms with E-state index < -0.39 is 17.3 Å². The topological polar surface area (TPSA) is 91.3 Å². The van der Waals surface area contributed by atoms with Crippen LogP contribution in [0.5, 0.6) is 23.0 Å². The van der Waals surface area contributed by atoms with Gasteiger partial charge in [-0.05, 0) is 91.8 Å². The first-order valence-electron chi connectivity index (χ1n) is 18.7. The molecule has 1 N–H and O–H groups in total. The van der Waals surface area contributed by atoms with Crippen molar-refractivity contribution in [2.45, 2.75) is 97.2 Å². The molecule has 53 heavy (non-hydrogen) atoms. The maximum absolute atomic E-state index is 13.4. The molecule has 7 rings (SSSR count). The molecular formula is C46H50O7. The normalized spacial score (nSPS) is 26.4. The third-order valence-corrected chi connectivity index (χ3v) is 11.7. The Labute approximate surface area is 312 Å². The lowest BCUT2D eigenvalue weighted by molar-refractivity contribution is -0.117. The molecule has 2 aliphatic heterocycles. The highest BCUT2D eigenvalue weighted by Gasteiger charge is 2.51. The van der Waals surface area contributed by atoms with Gasteiger partial charge in [-0.25, -0.2) is 0 Å². The quantitative estimate of drug-likeness (QED) is 0.201. The van der Waals surface area contributed by atoms with Gasteiger partial charge in [-0.2, -0.15) is 0 Å². The van der Waals surface area contributed by atoms with Crippen molar-refractivity contribution in [3.05, 3.63) is 151 Å². The van der Waals surface area contributed by atoms with Crippen molar-refractivity contribution in [2.24, 2.45) is 17.3 Å². The van der Waals surface area contributed by atoms with Gasteiger partial charge in [-0.1, -0.05) is 92.7 Å². The van der Waals surface area contributed by atoms with Crippen molar-refractivity contribution < 1.29 is 24.1 Å². The molecule has 5 atom stereocenters. The second kappa shape index (κ2) is 14.5. The fraction of sp³-hybridized carbons (Fsp3) is 0.391. The molecule has 4 aromatic carbocycles. The number of aliphatic hydroxyl groups is 1. The van der Waals surface area contributed by atoms with Crippen molar-refractivity contribution in [1.29, 1.82) is 0 Å². The SMILES string of the molecule is Cc1cc(=O)c(OCc2ccccc2)cc2c1C[C@H]1C[C@H](O)[C@@]3(C)Oc4cc(OCc5ccccc5)c(=O)ccc4C[C@H]3CC(C)(C)/C=C/C[C@]1(C)O2. The molecule has 1 aliphatic carbocycles. The summed E-state index contributed by atoms with van der Waals surface area (Å²) in [5, 5.41) is 12.4. The number of fused-ring (bicyclic) bond motifs is 4. The average molecular weight is 715 g/mol. The Morgan fingerprint density at radius 2 is 1.36 bits per heavy atom. The molecule has 0 bridgehead atoms. The first-order valence-corrected chi connectivity index (χ1v) is 18.7. The standard InChI is InChI=1S/C46H50O7/c1-30-21-38(48)42(51-29-32-15-10-7-11-16-32)26-40-36(30)23-34-24-43(49)46(5)35(27-44(2,3)19-12-20-45(34,4)52-40)22-33-17-18-37(47)41(25-39(33)53-46)50-28-31-13-8-6-9-14-31/h6-19,21,25-26,34-35,43,49H,20,22-24,27-29H2,1-5H3/b19-12+/t34-,35-,43-,45-,46-/m0/s1. The molecule has 276 valence electrons. The van der Waals surface area contributed by atoms with Gasteiger partial charge in [0.05, 0.1) is 6.10 Å². The first-order chi connectivity index (χ1) is 25.3. The summed E-state index contributed by atoms with van der Waals surface area (Å²) in [5.41, 5.74) is 2.32. The van der Waals surface area contributed by atoms with Gasteiger partial charge in [0, 0.05) is 30.4 Å². The van der Waals surface area contributed by atoms with Gasteiger partial charge in [0.15, 0.2) is 11.5 Å². The van der Waals surface area contributed by atoms with Gasteiger partial charge >= 0.3 is 0 Å². The predicted molar refractivity (Wildman–Crippen MR) is 207 cm³/mol. The van der Waals surface area contributed by atoms with Crippen LogP contribution >= 0.6 is 0 Å². The zero-order valence-corrected chi connectivity index (χ0v) is 31.4. The Hall–Kier alpha value is -4.88. The molecule has 0 saturated carbocycles. The summed E-state index contributed by atoms with van der Waals surface area (Å²) in [4.78, 5) is 26.6. The minimum atomic E-state index is -0.977. The van der Waals surface area contributed by atoms with Gasteiger partial charge in [0.1, 0.15) is 35.9 Å². The molecular weight excluding hydrogens is 664 g/mol. The van der Waals surface area contributed by atoms with E-state index in [0.717, 1.165) is 34.2 Å². The minimum Gasteiger partial charge on any atom is -0.487 e. The zero-order valence-electron chi connectivity index (χ0n) is 31.4. The van der Waals surface area contributed by atoms with Crippen molar-refractivity contribution in [2.75, 3.05) is 0 Å². The number of allylic oxidation sites excluding steroid dienone is 1. The van der Waals surface area contributed by atoms with Crippen LogP contribution in [0.2, 0.25) is 0 Å². The number of rotatable bonds is 6. The summed E-state index contributed by atoms with van der Waals surface area (Å²) < 4.78 is 26.0. The summed E-state index contributed by atoms with van der Waals surface area (Å²) in [6.45, 7) is 11.0. The molecule has 7 heteroatoms. The van der Waals surface area contributed by atoms with Crippen LogP contribution in [0.25, 0.3) is 0 Å². The lowest BCUT2D eigenvalue weighted by Crippen LogP contribution is -2.56. The Kier molecular flexibility index (Phi) is 9.98. The smallest absolute Gasteiger partial charge is 0.220 e. The van der Waals surface area contributed by atoms with Crippen LogP contribution in [0.15, 0.2) is 113 Å². The molecule has 0 aromatic heterocycles. The summed E-state index contributed by atoms with van der Waals surface area (Å²) in [7, 11) is 0. The van der Waals surface area contributed by atoms with E-state index in [2.05, 4.69) is 32.9 Å². The average Bonchev–Trinajstić information content (AvgIpc) is 3.34. The number of aliphatic hydroxyl groups excluding tert-OH is 1. The van der Waals surface area contributed by atoms with Crippen LogP contribution in [-0.4, -0.2) is 22.4 Å². The number of aryl methyl sites for hydroxylation is 1. The van der Waals surface area contributed by atoms with E-state index in [1.807, 2.05) is 80.6 Å². The maximum atomic E-state index is 13.4. The van der Waals surface area contributed by atoms with E-state index in [1.165, 1.54) is 0 Å². The van der Waals surface area contributed by atoms with E-state index in [-0.39, 0.29) is 52.8 Å². The fourth-order valence-electron chi connectivity index (χ4n) is 8.32. The minimum absolute atomic E-state index is 0.0520. The molecule has 2 heterocycles. The van der Waals surface area contributed by atoms with Crippen LogP contribution in [-0.2, 0) is 26.1 Å². The monoisotopic (exact) mass is 714 g/mol. The summed E-state index contributed by atoms with van der Waals surface area (Å²) in [6.07, 6.45) is 6.67. The molecule has 0 amide bonds. The van der Waals surface area contributed by atoms with Gasteiger partial charge in [-0.15, -0.1) is 0 Å². The third-order valence-electron chi connectivity index (χ3n) is 11.7.